The summed E-state index contributed by atoms with van der Waals surface area (Å²) in [4.78, 5) is 32.2. The lowest BCUT2D eigenvalue weighted by Gasteiger charge is -2.55. The Morgan fingerprint density at radius 3 is 1.27 bits per heavy atom. The third kappa shape index (κ3) is 6.06. The largest absolute Gasteiger partial charge is 0.301 e. The van der Waals surface area contributed by atoms with Gasteiger partial charge in [0.2, 0.25) is 0 Å². The van der Waals surface area contributed by atoms with Crippen molar-refractivity contribution in [1.29, 1.82) is 0 Å². The number of benzene rings is 8. The number of hydrogen-bond acceptors (Lipinski definition) is 8. The topological polar surface area (TPSA) is 64.5 Å². The summed E-state index contributed by atoms with van der Waals surface area (Å²) in [6.45, 7) is 7.09. The minimum absolute atomic E-state index is 0.192. The van der Waals surface area contributed by atoms with Crippen LogP contribution >= 0.6 is 0 Å². The van der Waals surface area contributed by atoms with Crippen molar-refractivity contribution in [1.82, 2.24) is 19.9 Å². The average molecular weight is 867 g/mol. The molecule has 8 aromatic carbocycles. The molecular weight excluding hydrogens is 821 g/mol. The smallest absolute Gasteiger partial charge is 0.179 e. The summed E-state index contributed by atoms with van der Waals surface area (Å²) in [6.07, 6.45) is -0.674. The van der Waals surface area contributed by atoms with E-state index in [-0.39, 0.29) is 18.2 Å². The molecule has 8 nitrogen and oxygen atoms in total. The molecule has 0 bridgehead atoms. The Kier molecular flexibility index (Phi) is 8.80. The van der Waals surface area contributed by atoms with Crippen molar-refractivity contribution >= 4 is 68.1 Å². The van der Waals surface area contributed by atoms with Crippen LogP contribution in [0, 0.1) is 12.8 Å². The van der Waals surface area contributed by atoms with Crippen molar-refractivity contribution in [3.8, 4) is 22.3 Å². The first kappa shape index (κ1) is 39.0. The molecule has 0 radical (unpaired) electrons. The molecule has 0 N–H and O–H groups in total. The van der Waals surface area contributed by atoms with E-state index >= 15 is 0 Å². The van der Waals surface area contributed by atoms with Gasteiger partial charge in [-0.2, -0.15) is 0 Å². The molecule has 67 heavy (non-hydrogen) atoms. The van der Waals surface area contributed by atoms with Crippen LogP contribution in [0.2, 0.25) is 0 Å². The first-order chi connectivity index (χ1) is 32.9. The van der Waals surface area contributed by atoms with Crippen LogP contribution in [-0.4, -0.2) is 32.3 Å². The molecule has 5 heterocycles. The van der Waals surface area contributed by atoms with Gasteiger partial charge in [0.15, 0.2) is 23.3 Å². The predicted molar refractivity (Wildman–Crippen MR) is 273 cm³/mol. The van der Waals surface area contributed by atoms with Crippen LogP contribution in [0.15, 0.2) is 206 Å². The first-order valence-corrected chi connectivity index (χ1v) is 23.1. The molecule has 322 valence electrons. The number of fused-ring (bicyclic) bond motifs is 8. The number of anilines is 8. The molecule has 13 rings (SSSR count). The van der Waals surface area contributed by atoms with Crippen molar-refractivity contribution in [2.24, 2.45) is 5.92 Å². The van der Waals surface area contributed by atoms with Gasteiger partial charge in [0.25, 0.3) is 0 Å². The lowest BCUT2D eigenvalue weighted by Crippen LogP contribution is -2.64. The molecule has 0 saturated carbocycles. The van der Waals surface area contributed by atoms with Gasteiger partial charge in [0, 0.05) is 34.1 Å². The highest BCUT2D eigenvalue weighted by molar-refractivity contribution is 5.94. The normalized spacial score (nSPS) is 17.9. The van der Waals surface area contributed by atoms with Gasteiger partial charge in [0.05, 0.1) is 22.1 Å². The van der Waals surface area contributed by atoms with E-state index in [1.165, 1.54) is 22.3 Å². The van der Waals surface area contributed by atoms with Crippen molar-refractivity contribution in [2.45, 2.75) is 38.5 Å². The fourth-order valence-corrected chi connectivity index (χ4v) is 11.1. The van der Waals surface area contributed by atoms with Gasteiger partial charge in [-0.15, -0.1) is 0 Å². The third-order valence-electron chi connectivity index (χ3n) is 14.2. The van der Waals surface area contributed by atoms with Crippen LogP contribution in [-0.2, 0) is 5.41 Å². The summed E-state index contributed by atoms with van der Waals surface area (Å²) < 4.78 is 0. The van der Waals surface area contributed by atoms with Crippen LogP contribution in [0.4, 0.5) is 46.0 Å². The van der Waals surface area contributed by atoms with Crippen molar-refractivity contribution in [3.63, 3.8) is 0 Å². The van der Waals surface area contributed by atoms with Gasteiger partial charge < -0.3 is 19.6 Å². The number of nitrogens with zero attached hydrogens (tertiary/aromatic N) is 8. The van der Waals surface area contributed by atoms with E-state index in [0.717, 1.165) is 79.2 Å². The quantitative estimate of drug-likeness (QED) is 0.164. The summed E-state index contributed by atoms with van der Waals surface area (Å²) in [5.41, 5.74) is 14.3. The summed E-state index contributed by atoms with van der Waals surface area (Å²) in [5.74, 6) is 3.11. The Morgan fingerprint density at radius 2 is 0.746 bits per heavy atom. The average Bonchev–Trinajstić information content (AvgIpc) is 3.87. The molecule has 10 aromatic rings. The van der Waals surface area contributed by atoms with Gasteiger partial charge in [-0.25, -0.2) is 19.9 Å². The summed E-state index contributed by atoms with van der Waals surface area (Å²) in [6, 6.07) is 73.3. The second-order valence-corrected chi connectivity index (χ2v) is 18.4. The second kappa shape index (κ2) is 15.1. The molecule has 2 aromatic heterocycles. The molecular formula is C59H46N8. The van der Waals surface area contributed by atoms with E-state index in [1.54, 1.807) is 0 Å². The molecule has 3 aliphatic rings. The molecule has 3 atom stereocenters. The van der Waals surface area contributed by atoms with E-state index in [0.29, 0.717) is 0 Å². The van der Waals surface area contributed by atoms with E-state index in [2.05, 4.69) is 234 Å². The lowest BCUT2D eigenvalue weighted by molar-refractivity contribution is 0.218. The van der Waals surface area contributed by atoms with Gasteiger partial charge in [0.1, 0.15) is 12.3 Å². The van der Waals surface area contributed by atoms with Crippen LogP contribution in [0.3, 0.4) is 0 Å². The molecule has 0 amide bonds. The Morgan fingerprint density at radius 1 is 0.358 bits per heavy atom. The van der Waals surface area contributed by atoms with Gasteiger partial charge in [-0.1, -0.05) is 153 Å². The van der Waals surface area contributed by atoms with Crippen molar-refractivity contribution in [3.05, 3.63) is 217 Å². The maximum absolute atomic E-state index is 5.62. The van der Waals surface area contributed by atoms with Crippen molar-refractivity contribution in [2.75, 3.05) is 19.6 Å². The molecule has 0 fully saturated rings. The highest BCUT2D eigenvalue weighted by Gasteiger charge is 2.61. The van der Waals surface area contributed by atoms with Gasteiger partial charge >= 0.3 is 0 Å². The minimum atomic E-state index is -0.462. The highest BCUT2D eigenvalue weighted by Crippen LogP contribution is 2.61. The highest BCUT2D eigenvalue weighted by atomic mass is 15.5. The number of aryl methyl sites for hydroxylation is 1. The van der Waals surface area contributed by atoms with Crippen LogP contribution in [0.1, 0.15) is 25.0 Å². The van der Waals surface area contributed by atoms with E-state index in [1.807, 2.05) is 12.1 Å². The Balaban J connectivity index is 1.11. The summed E-state index contributed by atoms with van der Waals surface area (Å²) >= 11 is 0. The maximum atomic E-state index is 5.62. The van der Waals surface area contributed by atoms with Gasteiger partial charge in [-0.3, -0.25) is 0 Å². The van der Waals surface area contributed by atoms with Crippen LogP contribution < -0.4 is 19.6 Å². The van der Waals surface area contributed by atoms with Crippen LogP contribution in [0.25, 0.3) is 44.3 Å². The molecule has 3 unspecified atom stereocenters. The number of rotatable bonds is 6. The third-order valence-corrected chi connectivity index (χ3v) is 14.2. The standard InChI is InChI=1S/C59H46N8/c1-38-37-42(40-21-9-5-10-22-40)33-36-50(38)66-55-53(60-46-26-14-16-28-48(46)62-55)65(44-34-31-41(32-35-44)39-19-7-4-8-20-39)57(66)52-58-64(43-23-11-6-12-24-43)54-56(63-49-29-17-15-27-47(49)61-54)67(58)51-30-18-13-25-45(51)59(52,2)3/h4-37,52,57-58H,1-3H3. The van der Waals surface area contributed by atoms with E-state index in [4.69, 9.17) is 19.9 Å². The zero-order valence-corrected chi connectivity index (χ0v) is 37.4. The molecule has 0 aliphatic carbocycles. The van der Waals surface area contributed by atoms with Crippen molar-refractivity contribution < 1.29 is 0 Å². The SMILES string of the molecule is Cc1cc(-c2ccccc2)ccc1N1c2nc3ccccc3nc2N(c2ccc(-c3ccccc3)cc2)C1C1C2N(c3ccccc3)c3nc4ccccc4nc3N2c2ccccc2C1(C)C. The Bertz CT molecular complexity index is 3510. The fourth-order valence-electron chi connectivity index (χ4n) is 11.1. The monoisotopic (exact) mass is 866 g/mol. The summed E-state index contributed by atoms with van der Waals surface area (Å²) in [5, 5.41) is 0. The molecule has 3 aliphatic heterocycles. The number of para-hydroxylation sites is 6. The molecule has 0 spiro atoms. The lowest BCUT2D eigenvalue weighted by atomic mass is 9.66. The van der Waals surface area contributed by atoms with E-state index < -0.39 is 5.41 Å². The van der Waals surface area contributed by atoms with Crippen LogP contribution in [0.5, 0.6) is 0 Å². The fraction of sp³-hybridized carbons (Fsp3) is 0.119. The Hall–Kier alpha value is -8.36. The zero-order chi connectivity index (χ0) is 44.8. The zero-order valence-electron chi connectivity index (χ0n) is 37.4. The first-order valence-electron chi connectivity index (χ1n) is 23.1. The number of aromatic nitrogens is 4. The predicted octanol–water partition coefficient (Wildman–Crippen LogP) is 14.1. The number of hydrogen-bond donors (Lipinski definition) is 0. The minimum Gasteiger partial charge on any atom is -0.301 e. The van der Waals surface area contributed by atoms with Gasteiger partial charge in [-0.05, 0) is 107 Å². The molecule has 8 heteroatoms. The van der Waals surface area contributed by atoms with E-state index in [9.17, 15) is 0 Å². The second-order valence-electron chi connectivity index (χ2n) is 18.4. The Labute approximate surface area is 390 Å². The summed E-state index contributed by atoms with van der Waals surface area (Å²) in [7, 11) is 0. The maximum Gasteiger partial charge on any atom is 0.179 e. The molecule has 0 saturated heterocycles.